The van der Waals surface area contributed by atoms with E-state index < -0.39 is 4.92 Å². The van der Waals surface area contributed by atoms with E-state index in [-0.39, 0.29) is 18.0 Å². The standard InChI is InChI=1S/C13H17ClN2O3/c1-9(2)15-7-11-4-5-13(19-8-10(3)14)12(6-11)16(17)18/h4-6,9,15H,3,7-8H2,1-2H3. The number of hydrogen-bond acceptors (Lipinski definition) is 4. The van der Waals surface area contributed by atoms with Crippen molar-refractivity contribution in [3.05, 3.63) is 45.5 Å². The first kappa shape index (κ1) is 15.5. The van der Waals surface area contributed by atoms with E-state index in [1.807, 2.05) is 13.8 Å². The molecule has 0 atom stereocenters. The molecule has 0 amide bonds. The molecule has 0 aliphatic heterocycles. The highest BCUT2D eigenvalue weighted by Gasteiger charge is 2.16. The molecule has 1 aromatic rings. The Balaban J connectivity index is 2.88. The summed E-state index contributed by atoms with van der Waals surface area (Å²) in [7, 11) is 0. The zero-order chi connectivity index (χ0) is 14.4. The first-order valence-corrected chi connectivity index (χ1v) is 6.24. The predicted molar refractivity (Wildman–Crippen MR) is 75.6 cm³/mol. The zero-order valence-corrected chi connectivity index (χ0v) is 11.7. The van der Waals surface area contributed by atoms with Crippen molar-refractivity contribution < 1.29 is 9.66 Å². The molecule has 0 aromatic heterocycles. The van der Waals surface area contributed by atoms with E-state index in [2.05, 4.69) is 11.9 Å². The van der Waals surface area contributed by atoms with Crippen molar-refractivity contribution >= 4 is 17.3 Å². The number of halogens is 1. The van der Waals surface area contributed by atoms with Crippen molar-refractivity contribution in [2.45, 2.75) is 26.4 Å². The topological polar surface area (TPSA) is 64.4 Å². The molecule has 1 aromatic carbocycles. The third-order valence-electron chi connectivity index (χ3n) is 2.32. The molecule has 0 saturated carbocycles. The van der Waals surface area contributed by atoms with Gasteiger partial charge in [0.2, 0.25) is 0 Å². The summed E-state index contributed by atoms with van der Waals surface area (Å²) in [6.45, 7) is 8.11. The second-order valence-corrected chi connectivity index (χ2v) is 4.94. The summed E-state index contributed by atoms with van der Waals surface area (Å²) in [5, 5.41) is 14.5. The van der Waals surface area contributed by atoms with Crippen molar-refractivity contribution in [1.29, 1.82) is 0 Å². The summed E-state index contributed by atoms with van der Waals surface area (Å²) in [5.41, 5.74) is 0.762. The largest absolute Gasteiger partial charge is 0.481 e. The quantitative estimate of drug-likeness (QED) is 0.617. The van der Waals surface area contributed by atoms with Gasteiger partial charge >= 0.3 is 5.69 Å². The average molecular weight is 285 g/mol. The maximum atomic E-state index is 11.0. The Bertz CT molecular complexity index is 475. The first-order valence-electron chi connectivity index (χ1n) is 5.87. The molecule has 19 heavy (non-hydrogen) atoms. The predicted octanol–water partition coefficient (Wildman–Crippen LogP) is 3.22. The monoisotopic (exact) mass is 284 g/mol. The fourth-order valence-electron chi connectivity index (χ4n) is 1.42. The molecule has 0 saturated heterocycles. The van der Waals surface area contributed by atoms with Crippen LogP contribution in [0, 0.1) is 10.1 Å². The lowest BCUT2D eigenvalue weighted by molar-refractivity contribution is -0.385. The number of benzene rings is 1. The summed E-state index contributed by atoms with van der Waals surface area (Å²) >= 11 is 5.58. The maximum absolute atomic E-state index is 11.0. The number of ether oxygens (including phenoxy) is 1. The summed E-state index contributed by atoms with van der Waals surface area (Å²) < 4.78 is 5.25. The third-order valence-corrected chi connectivity index (χ3v) is 2.43. The Morgan fingerprint density at radius 3 is 2.79 bits per heavy atom. The van der Waals surface area contributed by atoms with Gasteiger partial charge in [0, 0.05) is 23.7 Å². The van der Waals surface area contributed by atoms with Gasteiger partial charge in [-0.05, 0) is 11.6 Å². The Hall–Kier alpha value is -1.59. The number of nitrogens with zero attached hydrogens (tertiary/aromatic N) is 1. The van der Waals surface area contributed by atoms with E-state index in [1.54, 1.807) is 12.1 Å². The normalized spacial score (nSPS) is 10.5. The number of nitrogens with one attached hydrogen (secondary N) is 1. The molecule has 104 valence electrons. The maximum Gasteiger partial charge on any atom is 0.311 e. The number of nitro benzene ring substituents is 1. The molecule has 0 fully saturated rings. The Kier molecular flexibility index (Phi) is 5.79. The minimum Gasteiger partial charge on any atom is -0.481 e. The SMILES string of the molecule is C=C(Cl)COc1ccc(CNC(C)C)cc1[N+](=O)[O-]. The van der Waals surface area contributed by atoms with Gasteiger partial charge in [0.1, 0.15) is 6.61 Å². The van der Waals surface area contributed by atoms with Gasteiger partial charge in [0.25, 0.3) is 0 Å². The van der Waals surface area contributed by atoms with Crippen LogP contribution in [0.5, 0.6) is 5.75 Å². The molecule has 0 spiro atoms. The fourth-order valence-corrected chi connectivity index (χ4v) is 1.47. The molecule has 0 aliphatic carbocycles. The van der Waals surface area contributed by atoms with Gasteiger partial charge in [0.15, 0.2) is 5.75 Å². The van der Waals surface area contributed by atoms with Crippen LogP contribution in [-0.2, 0) is 6.54 Å². The second kappa shape index (κ2) is 7.11. The Morgan fingerprint density at radius 1 is 1.58 bits per heavy atom. The molecule has 0 bridgehead atoms. The van der Waals surface area contributed by atoms with Crippen LogP contribution in [0.2, 0.25) is 0 Å². The van der Waals surface area contributed by atoms with Gasteiger partial charge < -0.3 is 10.1 Å². The first-order chi connectivity index (χ1) is 8.90. The Morgan fingerprint density at radius 2 is 2.26 bits per heavy atom. The van der Waals surface area contributed by atoms with Gasteiger partial charge in [-0.25, -0.2) is 0 Å². The van der Waals surface area contributed by atoms with Crippen molar-refractivity contribution in [3.63, 3.8) is 0 Å². The van der Waals surface area contributed by atoms with Gasteiger partial charge in [0.05, 0.1) is 4.92 Å². The van der Waals surface area contributed by atoms with Crippen LogP contribution in [0.4, 0.5) is 5.69 Å². The molecule has 6 heteroatoms. The zero-order valence-electron chi connectivity index (χ0n) is 11.0. The lowest BCUT2D eigenvalue weighted by Crippen LogP contribution is -2.21. The van der Waals surface area contributed by atoms with Gasteiger partial charge in [-0.3, -0.25) is 10.1 Å². The number of rotatable bonds is 7. The Labute approximate surface area is 117 Å². The van der Waals surface area contributed by atoms with Gasteiger partial charge in [-0.15, -0.1) is 0 Å². The molecule has 0 radical (unpaired) electrons. The summed E-state index contributed by atoms with van der Waals surface area (Å²) in [5.74, 6) is 0.195. The van der Waals surface area contributed by atoms with Crippen LogP contribution in [0.1, 0.15) is 19.4 Å². The molecule has 5 nitrogen and oxygen atoms in total. The molecular formula is C13H17ClN2O3. The highest BCUT2D eigenvalue weighted by atomic mass is 35.5. The molecule has 1 rings (SSSR count). The molecule has 1 N–H and O–H groups in total. The third kappa shape index (κ3) is 5.28. The molecule has 0 heterocycles. The number of nitro groups is 1. The van der Waals surface area contributed by atoms with E-state index in [0.29, 0.717) is 17.6 Å². The lowest BCUT2D eigenvalue weighted by atomic mass is 10.2. The second-order valence-electron chi connectivity index (χ2n) is 4.40. The average Bonchev–Trinajstić information content (AvgIpc) is 2.33. The smallest absolute Gasteiger partial charge is 0.311 e. The van der Waals surface area contributed by atoms with Crippen molar-refractivity contribution in [1.82, 2.24) is 5.32 Å². The van der Waals surface area contributed by atoms with E-state index in [0.717, 1.165) is 5.56 Å². The molecule has 0 unspecified atom stereocenters. The highest BCUT2D eigenvalue weighted by molar-refractivity contribution is 6.29. The lowest BCUT2D eigenvalue weighted by Gasteiger charge is -2.10. The van der Waals surface area contributed by atoms with Crippen molar-refractivity contribution in [3.8, 4) is 5.75 Å². The van der Waals surface area contributed by atoms with E-state index >= 15 is 0 Å². The van der Waals surface area contributed by atoms with E-state index in [9.17, 15) is 10.1 Å². The van der Waals surface area contributed by atoms with Crippen molar-refractivity contribution in [2.24, 2.45) is 0 Å². The number of hydrogen-bond donors (Lipinski definition) is 1. The minimum absolute atomic E-state index is 0.0476. The fraction of sp³-hybridized carbons (Fsp3) is 0.385. The highest BCUT2D eigenvalue weighted by Crippen LogP contribution is 2.28. The molecule has 0 aliphatic rings. The molecular weight excluding hydrogens is 268 g/mol. The summed E-state index contributed by atoms with van der Waals surface area (Å²) in [6, 6.07) is 5.18. The van der Waals surface area contributed by atoms with E-state index in [1.165, 1.54) is 6.07 Å². The van der Waals surface area contributed by atoms with E-state index in [4.69, 9.17) is 16.3 Å². The van der Waals surface area contributed by atoms with Crippen LogP contribution in [0.3, 0.4) is 0 Å². The minimum atomic E-state index is -0.467. The van der Waals surface area contributed by atoms with Crippen LogP contribution >= 0.6 is 11.6 Å². The van der Waals surface area contributed by atoms with Crippen LogP contribution < -0.4 is 10.1 Å². The summed E-state index contributed by atoms with van der Waals surface area (Å²) in [6.07, 6.45) is 0. The van der Waals surface area contributed by atoms with Crippen LogP contribution in [0.25, 0.3) is 0 Å². The van der Waals surface area contributed by atoms with Crippen LogP contribution in [-0.4, -0.2) is 17.6 Å². The van der Waals surface area contributed by atoms with Gasteiger partial charge in [-0.1, -0.05) is 38.1 Å². The summed E-state index contributed by atoms with van der Waals surface area (Å²) in [4.78, 5) is 10.5. The van der Waals surface area contributed by atoms with Crippen molar-refractivity contribution in [2.75, 3.05) is 6.61 Å². The van der Waals surface area contributed by atoms with Gasteiger partial charge in [-0.2, -0.15) is 0 Å². The van der Waals surface area contributed by atoms with Crippen LogP contribution in [0.15, 0.2) is 29.8 Å².